The van der Waals surface area contributed by atoms with Crippen LogP contribution in [-0.4, -0.2) is 12.1 Å². The highest BCUT2D eigenvalue weighted by molar-refractivity contribution is 5.98. The number of carbonyl (C=O) groups is 1. The molecule has 2 aromatic carbocycles. The van der Waals surface area contributed by atoms with E-state index in [1.165, 1.54) is 12.1 Å². The van der Waals surface area contributed by atoms with Gasteiger partial charge in [-0.15, -0.1) is 6.42 Å². The van der Waals surface area contributed by atoms with Crippen LogP contribution in [0.15, 0.2) is 48.5 Å². The summed E-state index contributed by atoms with van der Waals surface area (Å²) in [6.45, 7) is 5.92. The third-order valence-corrected chi connectivity index (χ3v) is 4.00. The maximum atomic E-state index is 13.1. The van der Waals surface area contributed by atoms with Crippen molar-refractivity contribution in [1.29, 1.82) is 0 Å². The molecule has 0 N–H and O–H groups in total. The number of rotatable bonds is 3. The van der Waals surface area contributed by atoms with Gasteiger partial charge in [0.15, 0.2) is 0 Å². The fourth-order valence-electron chi connectivity index (χ4n) is 2.54. The molecule has 0 heterocycles. The Morgan fingerprint density at radius 2 is 1.62 bits per heavy atom. The molecule has 0 unspecified atom stereocenters. The van der Waals surface area contributed by atoms with E-state index in [1.54, 1.807) is 24.3 Å². The fraction of sp³-hybridized carbons (Fsp3) is 0.286. The minimum Gasteiger partial charge on any atom is -0.299 e. The van der Waals surface area contributed by atoms with Gasteiger partial charge in [-0.05, 0) is 28.7 Å². The highest BCUT2D eigenvalue weighted by Gasteiger charge is 2.43. The molecule has 0 bridgehead atoms. The molecule has 0 fully saturated rings. The van der Waals surface area contributed by atoms with Crippen molar-refractivity contribution in [3.63, 3.8) is 0 Å². The van der Waals surface area contributed by atoms with Crippen molar-refractivity contribution in [3.05, 3.63) is 65.2 Å². The van der Waals surface area contributed by atoms with Gasteiger partial charge in [0.25, 0.3) is 0 Å². The summed E-state index contributed by atoms with van der Waals surface area (Å²) in [5.74, 6) is 0.392. The maximum absolute atomic E-state index is 13.1. The molecule has 2 rings (SSSR count). The van der Waals surface area contributed by atoms with Gasteiger partial charge in [-0.3, -0.25) is 9.69 Å². The quantitative estimate of drug-likeness (QED) is 0.702. The molecule has 0 atom stereocenters. The zero-order valence-corrected chi connectivity index (χ0v) is 14.9. The van der Waals surface area contributed by atoms with Crippen molar-refractivity contribution in [2.45, 2.75) is 38.9 Å². The topological polar surface area (TPSA) is 20.3 Å². The minimum absolute atomic E-state index is 0.0669. The zero-order chi connectivity index (χ0) is 19.5. The zero-order valence-electron chi connectivity index (χ0n) is 14.9. The summed E-state index contributed by atoms with van der Waals surface area (Å²) in [4.78, 5) is 12.7. The molecule has 0 radical (unpaired) electrons. The number of anilines is 1. The third-order valence-electron chi connectivity index (χ3n) is 4.00. The first-order valence-corrected chi connectivity index (χ1v) is 8.08. The lowest BCUT2D eigenvalue weighted by atomic mass is 9.87. The summed E-state index contributed by atoms with van der Waals surface area (Å²) in [6, 6.07) is 13.3. The first-order valence-electron chi connectivity index (χ1n) is 8.08. The molecule has 0 saturated carbocycles. The van der Waals surface area contributed by atoms with Gasteiger partial charge in [0, 0.05) is 5.56 Å². The highest BCUT2D eigenvalue weighted by Crippen LogP contribution is 2.29. The first-order chi connectivity index (χ1) is 12.0. The number of nitrogens with zero attached hydrogens (tertiary/aromatic N) is 1. The lowest BCUT2D eigenvalue weighted by Crippen LogP contribution is -2.41. The van der Waals surface area contributed by atoms with E-state index in [4.69, 9.17) is 6.42 Å². The average molecular weight is 359 g/mol. The Hall–Kier alpha value is -2.74. The number of terminal acetylenes is 1. The highest BCUT2D eigenvalue weighted by atomic mass is 19.4. The Balaban J connectivity index is 2.43. The smallest absolute Gasteiger partial charge is 0.299 e. The Morgan fingerprint density at radius 3 is 2.12 bits per heavy atom. The molecule has 136 valence electrons. The van der Waals surface area contributed by atoms with E-state index in [2.05, 4.69) is 5.92 Å². The number of carbonyl (C=O) groups excluding carboxylic acids is 1. The van der Waals surface area contributed by atoms with E-state index in [1.807, 2.05) is 32.9 Å². The Kier molecular flexibility index (Phi) is 5.46. The van der Waals surface area contributed by atoms with E-state index in [0.717, 1.165) is 5.56 Å². The molecule has 1 amide bonds. The summed E-state index contributed by atoms with van der Waals surface area (Å²) in [7, 11) is 0. The third kappa shape index (κ3) is 4.45. The van der Waals surface area contributed by atoms with E-state index in [0.29, 0.717) is 10.5 Å². The Labute approximate surface area is 151 Å². The molecule has 0 aliphatic carbocycles. The van der Waals surface area contributed by atoms with Gasteiger partial charge in [0.05, 0.1) is 12.2 Å². The molecule has 0 aliphatic rings. The van der Waals surface area contributed by atoms with Crippen LogP contribution in [0.25, 0.3) is 0 Å². The second-order valence-corrected chi connectivity index (χ2v) is 7.00. The summed E-state index contributed by atoms with van der Waals surface area (Å²) in [6.07, 6.45) is 0.397. The molecule has 2 aromatic rings. The van der Waals surface area contributed by atoms with Crippen LogP contribution in [0.2, 0.25) is 0 Å². The normalized spacial score (nSPS) is 11.7. The molecule has 0 aromatic heterocycles. The van der Waals surface area contributed by atoms with Crippen molar-refractivity contribution in [3.8, 4) is 12.3 Å². The average Bonchev–Trinajstić information content (AvgIpc) is 2.58. The van der Waals surface area contributed by atoms with E-state index in [9.17, 15) is 18.0 Å². The van der Waals surface area contributed by atoms with Crippen LogP contribution in [0.1, 0.15) is 37.5 Å². The fourth-order valence-corrected chi connectivity index (χ4v) is 2.54. The van der Waals surface area contributed by atoms with Crippen molar-refractivity contribution in [2.24, 2.45) is 0 Å². The number of alkyl halides is 3. The second kappa shape index (κ2) is 7.25. The van der Waals surface area contributed by atoms with E-state index >= 15 is 0 Å². The number of hydrogen-bond acceptors (Lipinski definition) is 1. The molecule has 2 nitrogen and oxygen atoms in total. The van der Waals surface area contributed by atoms with Crippen molar-refractivity contribution in [2.75, 3.05) is 4.90 Å². The van der Waals surface area contributed by atoms with Crippen molar-refractivity contribution < 1.29 is 18.0 Å². The minimum atomic E-state index is -4.99. The molecule has 0 saturated heterocycles. The van der Waals surface area contributed by atoms with Gasteiger partial charge in [-0.2, -0.15) is 13.2 Å². The van der Waals surface area contributed by atoms with Crippen LogP contribution in [0.3, 0.4) is 0 Å². The standard InChI is InChI=1S/C21H20F3NO/c1-5-16-8-6-7-9-18(16)25(19(26)21(22,23)24)14-15-10-12-17(13-11-15)20(2,3)4/h1,6-13H,14H2,2-4H3. The molecular formula is C21H20F3NO. The lowest BCUT2D eigenvalue weighted by molar-refractivity contribution is -0.170. The number of halogens is 3. The van der Waals surface area contributed by atoms with Gasteiger partial charge < -0.3 is 0 Å². The van der Waals surface area contributed by atoms with Gasteiger partial charge >= 0.3 is 12.1 Å². The van der Waals surface area contributed by atoms with E-state index in [-0.39, 0.29) is 23.2 Å². The number of para-hydroxylation sites is 1. The largest absolute Gasteiger partial charge is 0.471 e. The van der Waals surface area contributed by atoms with Crippen LogP contribution in [0.5, 0.6) is 0 Å². The number of hydrogen-bond donors (Lipinski definition) is 0. The van der Waals surface area contributed by atoms with Crippen LogP contribution >= 0.6 is 0 Å². The van der Waals surface area contributed by atoms with Gasteiger partial charge in [0.1, 0.15) is 0 Å². The lowest BCUT2D eigenvalue weighted by Gasteiger charge is -2.26. The van der Waals surface area contributed by atoms with Crippen molar-refractivity contribution >= 4 is 11.6 Å². The van der Waals surface area contributed by atoms with Crippen LogP contribution in [0, 0.1) is 12.3 Å². The SMILES string of the molecule is C#Cc1ccccc1N(Cc1ccc(C(C)(C)C)cc1)C(=O)C(F)(F)F. The first kappa shape index (κ1) is 19.6. The number of benzene rings is 2. The molecule has 5 heteroatoms. The summed E-state index contributed by atoms with van der Waals surface area (Å²) < 4.78 is 39.3. The summed E-state index contributed by atoms with van der Waals surface area (Å²) in [5, 5.41) is 0. The monoisotopic (exact) mass is 359 g/mol. The Bertz CT molecular complexity index is 824. The predicted molar refractivity (Wildman–Crippen MR) is 96.8 cm³/mol. The van der Waals surface area contributed by atoms with Gasteiger partial charge in [-0.25, -0.2) is 0 Å². The molecule has 0 spiro atoms. The Morgan fingerprint density at radius 1 is 1.04 bits per heavy atom. The maximum Gasteiger partial charge on any atom is 0.471 e. The molecular weight excluding hydrogens is 339 g/mol. The van der Waals surface area contributed by atoms with Gasteiger partial charge in [0.2, 0.25) is 0 Å². The van der Waals surface area contributed by atoms with Crippen molar-refractivity contribution in [1.82, 2.24) is 0 Å². The summed E-state index contributed by atoms with van der Waals surface area (Å²) >= 11 is 0. The van der Waals surface area contributed by atoms with Crippen LogP contribution < -0.4 is 4.90 Å². The predicted octanol–water partition coefficient (Wildman–Crippen LogP) is 5.06. The molecule has 26 heavy (non-hydrogen) atoms. The molecule has 0 aliphatic heterocycles. The van der Waals surface area contributed by atoms with E-state index < -0.39 is 12.1 Å². The van der Waals surface area contributed by atoms with Crippen LogP contribution in [-0.2, 0) is 16.8 Å². The van der Waals surface area contributed by atoms with Gasteiger partial charge in [-0.1, -0.05) is 63.1 Å². The summed E-state index contributed by atoms with van der Waals surface area (Å²) in [5.41, 5.74) is 1.87. The number of amides is 1. The van der Waals surface area contributed by atoms with Crippen LogP contribution in [0.4, 0.5) is 18.9 Å². The second-order valence-electron chi connectivity index (χ2n) is 7.00.